The maximum atomic E-state index is 11.0. The zero-order valence-electron chi connectivity index (χ0n) is 17.6. The molecule has 0 aromatic heterocycles. The molecule has 3 saturated carbocycles. The van der Waals surface area contributed by atoms with Gasteiger partial charge in [-0.05, 0) is 99.8 Å². The molecule has 28 heavy (non-hydrogen) atoms. The first-order valence-corrected chi connectivity index (χ1v) is 11.4. The highest BCUT2D eigenvalue weighted by Crippen LogP contribution is 2.57. The molecule has 0 amide bonds. The summed E-state index contributed by atoms with van der Waals surface area (Å²) in [5, 5.41) is 3.28. The van der Waals surface area contributed by atoms with Crippen LogP contribution in [0.25, 0.3) is 0 Å². The van der Waals surface area contributed by atoms with Crippen molar-refractivity contribution in [1.82, 2.24) is 4.90 Å². The lowest BCUT2D eigenvalue weighted by atomic mass is 9.65. The van der Waals surface area contributed by atoms with Gasteiger partial charge in [-0.25, -0.2) is 0 Å². The Morgan fingerprint density at radius 1 is 1.11 bits per heavy atom. The van der Waals surface area contributed by atoms with Crippen LogP contribution in [0, 0.1) is 16.2 Å². The molecule has 1 aliphatic heterocycles. The topological polar surface area (TPSA) is 32.7 Å². The fourth-order valence-electron chi connectivity index (χ4n) is 6.18. The molecular weight excluding hydrogens is 344 g/mol. The zero-order valence-corrected chi connectivity index (χ0v) is 17.6. The van der Waals surface area contributed by atoms with E-state index in [-0.39, 0.29) is 6.04 Å². The minimum absolute atomic E-state index is 0.207. The molecular formula is C25H36N2O. The van der Waals surface area contributed by atoms with Crippen molar-refractivity contribution < 1.29 is 0 Å². The van der Waals surface area contributed by atoms with Crippen LogP contribution in [0.4, 0.5) is 0 Å². The monoisotopic (exact) mass is 380 g/mol. The van der Waals surface area contributed by atoms with E-state index in [1.807, 2.05) is 0 Å². The third-order valence-electron chi connectivity index (χ3n) is 7.97. The van der Waals surface area contributed by atoms with E-state index in [0.717, 1.165) is 31.4 Å². The van der Waals surface area contributed by atoms with Gasteiger partial charge < -0.3 is 0 Å². The second kappa shape index (κ2) is 8.49. The van der Waals surface area contributed by atoms with Crippen molar-refractivity contribution in [2.24, 2.45) is 16.5 Å². The van der Waals surface area contributed by atoms with Crippen molar-refractivity contribution in [2.45, 2.75) is 77.2 Å². The van der Waals surface area contributed by atoms with Crippen molar-refractivity contribution in [3.63, 3.8) is 0 Å². The van der Waals surface area contributed by atoms with Gasteiger partial charge in [0.05, 0.1) is 0 Å². The lowest BCUT2D eigenvalue weighted by molar-refractivity contribution is 0.244. The quantitative estimate of drug-likeness (QED) is 0.421. The molecule has 3 aliphatic carbocycles. The molecule has 0 spiro atoms. The van der Waals surface area contributed by atoms with Crippen LogP contribution in [-0.4, -0.2) is 30.6 Å². The van der Waals surface area contributed by atoms with Crippen LogP contribution < -0.4 is 0 Å². The molecule has 4 fully saturated rings. The number of likely N-dealkylation sites (tertiary alicyclic amines) is 1. The van der Waals surface area contributed by atoms with E-state index in [1.54, 1.807) is 11.1 Å². The van der Waals surface area contributed by atoms with Gasteiger partial charge in [0.25, 0.3) is 0 Å². The van der Waals surface area contributed by atoms with Crippen LogP contribution >= 0.6 is 0 Å². The average Bonchev–Trinajstić information content (AvgIpc) is 3.33. The largest absolute Gasteiger partial charge is 0.300 e. The fourth-order valence-corrected chi connectivity index (χ4v) is 6.18. The second-order valence-corrected chi connectivity index (χ2v) is 9.57. The molecule has 1 saturated heterocycles. The molecule has 0 radical (unpaired) electrons. The van der Waals surface area contributed by atoms with Crippen molar-refractivity contribution >= 4 is 0 Å². The van der Waals surface area contributed by atoms with Crippen LogP contribution in [0.1, 0.15) is 71.1 Å². The van der Waals surface area contributed by atoms with Crippen LogP contribution in [0.5, 0.6) is 0 Å². The summed E-state index contributed by atoms with van der Waals surface area (Å²) >= 11 is 0. The first-order valence-electron chi connectivity index (χ1n) is 11.4. The van der Waals surface area contributed by atoms with Gasteiger partial charge in [0.1, 0.15) is 6.04 Å². The summed E-state index contributed by atoms with van der Waals surface area (Å²) in [6.07, 6.45) is 19.4. The smallest absolute Gasteiger partial charge is 0.117 e. The summed E-state index contributed by atoms with van der Waals surface area (Å²) < 4.78 is 0. The molecule has 0 aromatic carbocycles. The molecule has 3 nitrogen and oxygen atoms in total. The van der Waals surface area contributed by atoms with Crippen LogP contribution in [0.2, 0.25) is 0 Å². The Hall–Kier alpha value is -1.48. The Kier molecular flexibility index (Phi) is 6.01. The van der Waals surface area contributed by atoms with Gasteiger partial charge in [-0.15, -0.1) is 0 Å². The summed E-state index contributed by atoms with van der Waals surface area (Å²) in [5.41, 5.74) is 5.90. The van der Waals surface area contributed by atoms with Gasteiger partial charge in [0.2, 0.25) is 0 Å². The third kappa shape index (κ3) is 3.83. The van der Waals surface area contributed by atoms with E-state index in [2.05, 4.69) is 41.8 Å². The van der Waals surface area contributed by atoms with E-state index in [1.165, 1.54) is 63.6 Å². The van der Waals surface area contributed by atoms with Crippen LogP contribution in [-0.2, 0) is 0 Å². The molecule has 0 N–H and O–H groups in total. The summed E-state index contributed by atoms with van der Waals surface area (Å²) in [6, 6.07) is -0.207. The molecule has 4 aliphatic rings. The van der Waals surface area contributed by atoms with Crippen molar-refractivity contribution in [2.75, 3.05) is 19.6 Å². The molecule has 3 unspecified atom stereocenters. The first-order chi connectivity index (χ1) is 13.6. The van der Waals surface area contributed by atoms with Gasteiger partial charge >= 0.3 is 0 Å². The molecule has 1 heterocycles. The Labute approximate surface area is 170 Å². The Balaban J connectivity index is 1.50. The molecule has 152 valence electrons. The van der Waals surface area contributed by atoms with E-state index in [9.17, 15) is 4.91 Å². The van der Waals surface area contributed by atoms with Gasteiger partial charge in [0.15, 0.2) is 0 Å². The van der Waals surface area contributed by atoms with Crippen molar-refractivity contribution in [3.8, 4) is 0 Å². The summed E-state index contributed by atoms with van der Waals surface area (Å²) in [6.45, 7) is 10.4. The minimum Gasteiger partial charge on any atom is -0.300 e. The van der Waals surface area contributed by atoms with Crippen molar-refractivity contribution in [1.29, 1.82) is 0 Å². The number of hydrogen-bond acceptors (Lipinski definition) is 3. The Morgan fingerprint density at radius 3 is 2.71 bits per heavy atom. The average molecular weight is 381 g/mol. The maximum Gasteiger partial charge on any atom is 0.117 e. The SMILES string of the molecule is C=C1/C(=C\C=C2/CCCC3(C)/C(=C/CN4CCCC4)CCC23)CCCC1N=O. The molecule has 0 aromatic rings. The summed E-state index contributed by atoms with van der Waals surface area (Å²) in [7, 11) is 0. The number of rotatable bonds is 4. The van der Waals surface area contributed by atoms with E-state index < -0.39 is 0 Å². The van der Waals surface area contributed by atoms with Crippen molar-refractivity contribution in [3.05, 3.63) is 52.0 Å². The first kappa shape index (κ1) is 19.8. The summed E-state index contributed by atoms with van der Waals surface area (Å²) in [4.78, 5) is 13.7. The predicted molar refractivity (Wildman–Crippen MR) is 117 cm³/mol. The molecule has 0 bridgehead atoms. The van der Waals surface area contributed by atoms with Crippen LogP contribution in [0.15, 0.2) is 52.3 Å². The summed E-state index contributed by atoms with van der Waals surface area (Å²) in [5.74, 6) is 0.694. The normalized spacial score (nSPS) is 38.5. The number of allylic oxidation sites excluding steroid dienone is 4. The third-order valence-corrected chi connectivity index (χ3v) is 7.97. The lowest BCUT2D eigenvalue weighted by Gasteiger charge is -2.39. The Morgan fingerprint density at radius 2 is 1.93 bits per heavy atom. The number of nitrogens with zero attached hydrogens (tertiary/aromatic N) is 2. The van der Waals surface area contributed by atoms with Gasteiger partial charge in [-0.3, -0.25) is 4.90 Å². The van der Waals surface area contributed by atoms with Gasteiger partial charge in [0, 0.05) is 6.54 Å². The molecule has 3 atom stereocenters. The maximum absolute atomic E-state index is 11.0. The second-order valence-electron chi connectivity index (χ2n) is 9.57. The predicted octanol–water partition coefficient (Wildman–Crippen LogP) is 6.34. The fraction of sp³-hybridized carbons (Fsp3) is 0.680. The minimum atomic E-state index is -0.207. The lowest BCUT2D eigenvalue weighted by Crippen LogP contribution is -2.29. The number of fused-ring (bicyclic) bond motifs is 1. The zero-order chi connectivity index (χ0) is 19.6. The molecule has 3 heteroatoms. The van der Waals surface area contributed by atoms with Crippen LogP contribution in [0.3, 0.4) is 0 Å². The highest BCUT2D eigenvalue weighted by Gasteiger charge is 2.45. The van der Waals surface area contributed by atoms with E-state index >= 15 is 0 Å². The Bertz CT molecular complexity index is 710. The molecule has 4 rings (SSSR count). The number of hydrogen-bond donors (Lipinski definition) is 0. The standard InChI is InChI=1S/C25H36N2O/c1-19-20(7-5-9-24(19)26-28)10-11-21-8-6-15-25(2)22(12-13-23(21)25)14-18-27-16-3-4-17-27/h10-11,14,23-24H,1,3-9,12-13,15-18H2,2H3/b20-10-,21-11+,22-14+. The highest BCUT2D eigenvalue weighted by atomic mass is 16.3. The highest BCUT2D eigenvalue weighted by molar-refractivity contribution is 5.40. The van der Waals surface area contributed by atoms with E-state index in [4.69, 9.17) is 0 Å². The van der Waals surface area contributed by atoms with E-state index in [0.29, 0.717) is 11.3 Å². The van der Waals surface area contributed by atoms with Gasteiger partial charge in [-0.1, -0.05) is 48.1 Å². The number of nitroso groups, excluding NO2 is 1. The van der Waals surface area contributed by atoms with Gasteiger partial charge in [-0.2, -0.15) is 4.91 Å².